The van der Waals surface area contributed by atoms with Crippen molar-refractivity contribution in [3.63, 3.8) is 0 Å². The van der Waals surface area contributed by atoms with Crippen molar-refractivity contribution >= 4 is 0 Å². The number of aliphatic hydroxyl groups is 1. The summed E-state index contributed by atoms with van der Waals surface area (Å²) >= 11 is 0. The molecule has 2 atom stereocenters. The Kier molecular flexibility index (Phi) is 6.29. The van der Waals surface area contributed by atoms with Crippen LogP contribution in [-0.4, -0.2) is 17.1 Å². The van der Waals surface area contributed by atoms with Crippen molar-refractivity contribution in [1.29, 1.82) is 0 Å². The molecule has 0 aromatic rings. The first kappa shape index (κ1) is 12.9. The molecule has 0 fully saturated rings. The van der Waals surface area contributed by atoms with Crippen LogP contribution in [0.2, 0.25) is 0 Å². The van der Waals surface area contributed by atoms with Crippen molar-refractivity contribution in [2.24, 2.45) is 5.73 Å². The maximum atomic E-state index is 9.91. The van der Waals surface area contributed by atoms with Crippen LogP contribution in [0, 0.1) is 0 Å². The summed E-state index contributed by atoms with van der Waals surface area (Å²) in [5.41, 5.74) is 5.69. The lowest BCUT2D eigenvalue weighted by Gasteiger charge is -2.29. The minimum atomic E-state index is -1.01. The quantitative estimate of drug-likeness (QED) is 0.602. The minimum absolute atomic E-state index is 0.332. The van der Waals surface area contributed by atoms with Gasteiger partial charge in [-0.3, -0.25) is 0 Å². The summed E-state index contributed by atoms with van der Waals surface area (Å²) in [6.07, 6.45) is 3.60. The first-order valence-electron chi connectivity index (χ1n) is 5.23. The molecule has 0 amide bonds. The van der Waals surface area contributed by atoms with Crippen LogP contribution in [-0.2, 0) is 4.74 Å². The second-order valence-corrected chi connectivity index (χ2v) is 3.49. The summed E-state index contributed by atoms with van der Waals surface area (Å²) in [6, 6.07) is 0. The molecule has 80 valence electrons. The Hall–Kier alpha value is -0.120. The highest BCUT2D eigenvalue weighted by molar-refractivity contribution is 4.66. The predicted molar refractivity (Wildman–Crippen MR) is 54.1 cm³/mol. The second kappa shape index (κ2) is 6.35. The van der Waals surface area contributed by atoms with Gasteiger partial charge >= 0.3 is 0 Å². The summed E-state index contributed by atoms with van der Waals surface area (Å²) in [5, 5.41) is 9.91. The summed E-state index contributed by atoms with van der Waals surface area (Å²) < 4.78 is 5.40. The van der Waals surface area contributed by atoms with Gasteiger partial charge in [0, 0.05) is 6.42 Å². The third kappa shape index (κ3) is 5.24. The lowest BCUT2D eigenvalue weighted by atomic mass is 10.1. The molecule has 0 aliphatic heterocycles. The molecule has 3 N–H and O–H groups in total. The number of rotatable bonds is 7. The van der Waals surface area contributed by atoms with Crippen molar-refractivity contribution in [3.8, 4) is 0 Å². The Morgan fingerprint density at radius 2 is 1.92 bits per heavy atom. The minimum Gasteiger partial charge on any atom is -0.365 e. The standard InChI is InChI=1S/C10H23NO2/c1-4-7-9(11)13-10(12,6-3)8-5-2/h9,12H,4-8,11H2,1-3H3. The van der Waals surface area contributed by atoms with Gasteiger partial charge < -0.3 is 15.6 Å². The van der Waals surface area contributed by atoms with Gasteiger partial charge in [0.1, 0.15) is 6.23 Å². The summed E-state index contributed by atoms with van der Waals surface area (Å²) in [5.74, 6) is -1.01. The van der Waals surface area contributed by atoms with E-state index in [2.05, 4.69) is 0 Å². The van der Waals surface area contributed by atoms with Crippen LogP contribution < -0.4 is 5.73 Å². The molecule has 3 nitrogen and oxygen atoms in total. The average Bonchev–Trinajstić information content (AvgIpc) is 2.05. The zero-order chi connectivity index (χ0) is 10.3. The molecule has 0 radical (unpaired) electrons. The van der Waals surface area contributed by atoms with E-state index < -0.39 is 5.79 Å². The van der Waals surface area contributed by atoms with Crippen LogP contribution in [0.3, 0.4) is 0 Å². The fraction of sp³-hybridized carbons (Fsp3) is 1.00. The van der Waals surface area contributed by atoms with Crippen molar-refractivity contribution in [1.82, 2.24) is 0 Å². The van der Waals surface area contributed by atoms with E-state index >= 15 is 0 Å². The lowest BCUT2D eigenvalue weighted by molar-refractivity contribution is -0.235. The Morgan fingerprint density at radius 1 is 1.31 bits per heavy atom. The molecule has 0 aromatic carbocycles. The fourth-order valence-electron chi connectivity index (χ4n) is 1.33. The van der Waals surface area contributed by atoms with E-state index in [0.717, 1.165) is 19.3 Å². The van der Waals surface area contributed by atoms with Gasteiger partial charge in [0.2, 0.25) is 0 Å². The third-order valence-electron chi connectivity index (χ3n) is 2.14. The Morgan fingerprint density at radius 3 is 2.31 bits per heavy atom. The van der Waals surface area contributed by atoms with Gasteiger partial charge in [-0.2, -0.15) is 0 Å². The monoisotopic (exact) mass is 189 g/mol. The SMILES string of the molecule is CCCC(N)OC(O)(CC)CCC. The first-order valence-corrected chi connectivity index (χ1v) is 5.23. The fourth-order valence-corrected chi connectivity index (χ4v) is 1.33. The largest absolute Gasteiger partial charge is 0.365 e. The molecule has 3 heteroatoms. The van der Waals surface area contributed by atoms with Gasteiger partial charge in [-0.15, -0.1) is 0 Å². The van der Waals surface area contributed by atoms with E-state index in [1.807, 2.05) is 20.8 Å². The molecule has 0 aliphatic rings. The Labute approximate surface area is 81.3 Å². The molecule has 2 unspecified atom stereocenters. The Balaban J connectivity index is 3.93. The van der Waals surface area contributed by atoms with Crippen molar-refractivity contribution in [2.75, 3.05) is 0 Å². The highest BCUT2D eigenvalue weighted by Gasteiger charge is 2.26. The first-order chi connectivity index (χ1) is 6.08. The van der Waals surface area contributed by atoms with Crippen LogP contribution in [0.5, 0.6) is 0 Å². The van der Waals surface area contributed by atoms with E-state index in [1.165, 1.54) is 0 Å². The average molecular weight is 189 g/mol. The predicted octanol–water partition coefficient (Wildman–Crippen LogP) is 1.99. The van der Waals surface area contributed by atoms with E-state index in [4.69, 9.17) is 10.5 Å². The van der Waals surface area contributed by atoms with Crippen LogP contribution in [0.4, 0.5) is 0 Å². The maximum absolute atomic E-state index is 9.91. The molecule has 0 bridgehead atoms. The molecule has 0 saturated heterocycles. The molecule has 0 saturated carbocycles. The number of nitrogens with two attached hydrogens (primary N) is 1. The molecule has 0 heterocycles. The number of hydrogen-bond donors (Lipinski definition) is 2. The van der Waals surface area contributed by atoms with E-state index in [9.17, 15) is 5.11 Å². The molecule has 0 aliphatic carbocycles. The molecular weight excluding hydrogens is 166 g/mol. The zero-order valence-electron chi connectivity index (χ0n) is 9.05. The van der Waals surface area contributed by atoms with Gasteiger partial charge in [-0.25, -0.2) is 0 Å². The second-order valence-electron chi connectivity index (χ2n) is 3.49. The third-order valence-corrected chi connectivity index (χ3v) is 2.14. The van der Waals surface area contributed by atoms with E-state index in [0.29, 0.717) is 12.8 Å². The van der Waals surface area contributed by atoms with Crippen molar-refractivity contribution in [2.45, 2.75) is 64.9 Å². The smallest absolute Gasteiger partial charge is 0.167 e. The van der Waals surface area contributed by atoms with Crippen LogP contribution in [0.25, 0.3) is 0 Å². The van der Waals surface area contributed by atoms with Gasteiger partial charge in [-0.1, -0.05) is 33.6 Å². The summed E-state index contributed by atoms with van der Waals surface area (Å²) in [6.45, 7) is 5.98. The molecule has 0 spiro atoms. The van der Waals surface area contributed by atoms with Crippen LogP contribution >= 0.6 is 0 Å². The van der Waals surface area contributed by atoms with E-state index in [1.54, 1.807) is 0 Å². The molecule has 0 aromatic heterocycles. The van der Waals surface area contributed by atoms with E-state index in [-0.39, 0.29) is 6.23 Å². The van der Waals surface area contributed by atoms with Crippen molar-refractivity contribution in [3.05, 3.63) is 0 Å². The number of ether oxygens (including phenoxy) is 1. The Bertz CT molecular complexity index is 130. The van der Waals surface area contributed by atoms with Gasteiger partial charge in [0.25, 0.3) is 0 Å². The molecular formula is C10H23NO2. The van der Waals surface area contributed by atoms with Gasteiger partial charge in [-0.05, 0) is 12.8 Å². The molecule has 13 heavy (non-hydrogen) atoms. The van der Waals surface area contributed by atoms with Gasteiger partial charge in [0.15, 0.2) is 5.79 Å². The highest BCUT2D eigenvalue weighted by atomic mass is 16.6. The maximum Gasteiger partial charge on any atom is 0.167 e. The zero-order valence-corrected chi connectivity index (χ0v) is 9.05. The highest BCUT2D eigenvalue weighted by Crippen LogP contribution is 2.20. The van der Waals surface area contributed by atoms with Crippen LogP contribution in [0.15, 0.2) is 0 Å². The molecule has 0 rings (SSSR count). The van der Waals surface area contributed by atoms with Crippen LogP contribution in [0.1, 0.15) is 52.9 Å². The number of hydrogen-bond acceptors (Lipinski definition) is 3. The summed E-state index contributed by atoms with van der Waals surface area (Å²) in [4.78, 5) is 0. The summed E-state index contributed by atoms with van der Waals surface area (Å²) in [7, 11) is 0. The topological polar surface area (TPSA) is 55.5 Å². The van der Waals surface area contributed by atoms with Gasteiger partial charge in [0.05, 0.1) is 0 Å². The lowest BCUT2D eigenvalue weighted by Crippen LogP contribution is -2.39. The van der Waals surface area contributed by atoms with Crippen molar-refractivity contribution < 1.29 is 9.84 Å². The normalized spacial score (nSPS) is 18.2.